The second-order valence-electron chi connectivity index (χ2n) is 5.37. The van der Waals surface area contributed by atoms with E-state index in [9.17, 15) is 0 Å². The van der Waals surface area contributed by atoms with Crippen LogP contribution in [0.1, 0.15) is 38.7 Å². The van der Waals surface area contributed by atoms with Gasteiger partial charge in [-0.15, -0.1) is 0 Å². The molecule has 0 saturated carbocycles. The van der Waals surface area contributed by atoms with Crippen molar-refractivity contribution in [3.8, 4) is 11.5 Å². The average Bonchev–Trinajstić information content (AvgIpc) is 2.47. The van der Waals surface area contributed by atoms with E-state index in [1.54, 1.807) is 14.2 Å². The lowest BCUT2D eigenvalue weighted by atomic mass is 10.1. The molecule has 0 atom stereocenters. The molecule has 0 saturated heterocycles. The van der Waals surface area contributed by atoms with Crippen molar-refractivity contribution >= 4 is 5.69 Å². The van der Waals surface area contributed by atoms with Gasteiger partial charge in [0.1, 0.15) is 0 Å². The maximum absolute atomic E-state index is 6.02. The number of anilines is 1. The minimum absolute atomic E-state index is 0.625. The highest BCUT2D eigenvalue weighted by atomic mass is 16.5. The highest BCUT2D eigenvalue weighted by Gasteiger charge is 2.10. The van der Waals surface area contributed by atoms with Crippen LogP contribution in [0.2, 0.25) is 0 Å². The van der Waals surface area contributed by atoms with E-state index in [4.69, 9.17) is 15.2 Å². The molecule has 0 unspecified atom stereocenters. The van der Waals surface area contributed by atoms with Crippen molar-refractivity contribution in [2.75, 3.05) is 39.6 Å². The Labute approximate surface area is 129 Å². The van der Waals surface area contributed by atoms with Gasteiger partial charge in [0.25, 0.3) is 0 Å². The minimum atomic E-state index is 0.625. The fourth-order valence-corrected chi connectivity index (χ4v) is 2.67. The summed E-state index contributed by atoms with van der Waals surface area (Å²) in [4.78, 5) is 2.53. The molecule has 1 aromatic rings. The lowest BCUT2D eigenvalue weighted by Gasteiger charge is -2.21. The van der Waals surface area contributed by atoms with Crippen LogP contribution in [-0.2, 0) is 6.42 Å². The van der Waals surface area contributed by atoms with Gasteiger partial charge in [0, 0.05) is 0 Å². The maximum Gasteiger partial charge on any atom is 0.183 e. The molecule has 0 amide bonds. The number of hydrogen-bond donors (Lipinski definition) is 1. The molecule has 0 bridgehead atoms. The van der Waals surface area contributed by atoms with Gasteiger partial charge in [-0.05, 0) is 63.0 Å². The molecule has 0 fully saturated rings. The Bertz CT molecular complexity index is 415. The third kappa shape index (κ3) is 5.46. The van der Waals surface area contributed by atoms with E-state index in [0.717, 1.165) is 19.4 Å². The van der Waals surface area contributed by atoms with Crippen molar-refractivity contribution in [1.82, 2.24) is 4.90 Å². The van der Waals surface area contributed by atoms with Crippen LogP contribution in [0.25, 0.3) is 0 Å². The Hall–Kier alpha value is -1.42. The number of nitrogen functional groups attached to an aromatic ring is 1. The van der Waals surface area contributed by atoms with Gasteiger partial charge in [0.15, 0.2) is 11.5 Å². The van der Waals surface area contributed by atoms with Crippen LogP contribution in [-0.4, -0.2) is 38.8 Å². The summed E-state index contributed by atoms with van der Waals surface area (Å²) in [7, 11) is 3.26. The second-order valence-corrected chi connectivity index (χ2v) is 5.37. The number of hydrogen-bond acceptors (Lipinski definition) is 4. The fraction of sp³-hybridized carbons (Fsp3) is 0.647. The van der Waals surface area contributed by atoms with Gasteiger partial charge in [-0.25, -0.2) is 0 Å². The molecule has 1 aromatic carbocycles. The lowest BCUT2D eigenvalue weighted by molar-refractivity contribution is 0.271. The first-order valence-electron chi connectivity index (χ1n) is 7.88. The molecule has 2 N–H and O–H groups in total. The van der Waals surface area contributed by atoms with E-state index < -0.39 is 0 Å². The molecule has 0 aliphatic carbocycles. The van der Waals surface area contributed by atoms with Crippen molar-refractivity contribution < 1.29 is 9.47 Å². The van der Waals surface area contributed by atoms with Gasteiger partial charge in [0.2, 0.25) is 0 Å². The predicted molar refractivity (Wildman–Crippen MR) is 89.3 cm³/mol. The average molecular weight is 294 g/mol. The standard InChI is InChI=1S/C17H30N2O2/c1-5-9-19(10-6-2)11-7-8-14-12-15(18)17(21-4)16(13-14)20-3/h12-13H,5-11,18H2,1-4H3. The summed E-state index contributed by atoms with van der Waals surface area (Å²) in [5.74, 6) is 1.34. The third-order valence-electron chi connectivity index (χ3n) is 3.59. The van der Waals surface area contributed by atoms with E-state index in [0.29, 0.717) is 17.2 Å². The zero-order valence-corrected chi connectivity index (χ0v) is 13.9. The van der Waals surface area contributed by atoms with Crippen molar-refractivity contribution in [1.29, 1.82) is 0 Å². The van der Waals surface area contributed by atoms with E-state index in [-0.39, 0.29) is 0 Å². The highest BCUT2D eigenvalue weighted by Crippen LogP contribution is 2.34. The van der Waals surface area contributed by atoms with Crippen LogP contribution >= 0.6 is 0 Å². The smallest absolute Gasteiger partial charge is 0.183 e. The predicted octanol–water partition coefficient (Wildman–Crippen LogP) is 3.34. The van der Waals surface area contributed by atoms with Crippen molar-refractivity contribution in [3.63, 3.8) is 0 Å². The maximum atomic E-state index is 6.02. The zero-order valence-electron chi connectivity index (χ0n) is 13.9. The summed E-state index contributed by atoms with van der Waals surface area (Å²) in [5.41, 5.74) is 7.87. The number of aryl methyl sites for hydroxylation is 1. The monoisotopic (exact) mass is 294 g/mol. The van der Waals surface area contributed by atoms with Crippen LogP contribution in [0.3, 0.4) is 0 Å². The number of nitrogens with two attached hydrogens (primary N) is 1. The van der Waals surface area contributed by atoms with E-state index in [1.807, 2.05) is 12.1 Å². The van der Waals surface area contributed by atoms with Gasteiger partial charge in [-0.1, -0.05) is 13.8 Å². The topological polar surface area (TPSA) is 47.7 Å². The molecule has 0 aromatic heterocycles. The van der Waals surface area contributed by atoms with Gasteiger partial charge in [0.05, 0.1) is 19.9 Å². The summed E-state index contributed by atoms with van der Waals surface area (Å²) >= 11 is 0. The first-order valence-corrected chi connectivity index (χ1v) is 7.88. The summed E-state index contributed by atoms with van der Waals surface area (Å²) in [6.07, 6.45) is 4.57. The van der Waals surface area contributed by atoms with Gasteiger partial charge >= 0.3 is 0 Å². The van der Waals surface area contributed by atoms with Crippen LogP contribution in [0.5, 0.6) is 11.5 Å². The number of benzene rings is 1. The fourth-order valence-electron chi connectivity index (χ4n) is 2.67. The second kappa shape index (κ2) is 9.50. The van der Waals surface area contributed by atoms with Gasteiger partial charge in [-0.2, -0.15) is 0 Å². The molecule has 1 rings (SSSR count). The quantitative estimate of drug-likeness (QED) is 0.672. The van der Waals surface area contributed by atoms with Crippen LogP contribution in [0, 0.1) is 0 Å². The molecule has 4 nitrogen and oxygen atoms in total. The number of ether oxygens (including phenoxy) is 2. The summed E-state index contributed by atoms with van der Waals surface area (Å²) in [6, 6.07) is 4.02. The molecule has 0 aliphatic heterocycles. The summed E-state index contributed by atoms with van der Waals surface area (Å²) < 4.78 is 10.6. The number of nitrogens with zero attached hydrogens (tertiary/aromatic N) is 1. The minimum Gasteiger partial charge on any atom is -0.493 e. The van der Waals surface area contributed by atoms with Crippen LogP contribution in [0.15, 0.2) is 12.1 Å². The van der Waals surface area contributed by atoms with Crippen LogP contribution in [0.4, 0.5) is 5.69 Å². The largest absolute Gasteiger partial charge is 0.493 e. The molecule has 120 valence electrons. The van der Waals surface area contributed by atoms with E-state index >= 15 is 0 Å². The SMILES string of the molecule is CCCN(CCC)CCCc1cc(N)c(OC)c(OC)c1. The molecule has 0 spiro atoms. The zero-order chi connectivity index (χ0) is 15.7. The first kappa shape index (κ1) is 17.6. The highest BCUT2D eigenvalue weighted by molar-refractivity contribution is 5.62. The Balaban J connectivity index is 2.60. The Morgan fingerprint density at radius 3 is 2.19 bits per heavy atom. The number of rotatable bonds is 10. The van der Waals surface area contributed by atoms with Crippen molar-refractivity contribution in [2.24, 2.45) is 0 Å². The van der Waals surface area contributed by atoms with Crippen LogP contribution < -0.4 is 15.2 Å². The Kier molecular flexibility index (Phi) is 7.98. The van der Waals surface area contributed by atoms with Crippen molar-refractivity contribution in [2.45, 2.75) is 39.5 Å². The van der Waals surface area contributed by atoms with Crippen molar-refractivity contribution in [3.05, 3.63) is 17.7 Å². The third-order valence-corrected chi connectivity index (χ3v) is 3.59. The van der Waals surface area contributed by atoms with Gasteiger partial charge in [-0.3, -0.25) is 0 Å². The molecule has 0 heterocycles. The summed E-state index contributed by atoms with van der Waals surface area (Å²) in [6.45, 7) is 7.97. The van der Waals surface area contributed by atoms with Gasteiger partial charge < -0.3 is 20.1 Å². The molecular formula is C17H30N2O2. The van der Waals surface area contributed by atoms with E-state index in [1.165, 1.54) is 31.5 Å². The number of methoxy groups -OCH3 is 2. The van der Waals surface area contributed by atoms with E-state index in [2.05, 4.69) is 18.7 Å². The Morgan fingerprint density at radius 2 is 1.67 bits per heavy atom. The molecule has 4 heteroatoms. The molecular weight excluding hydrogens is 264 g/mol. The summed E-state index contributed by atoms with van der Waals surface area (Å²) in [5, 5.41) is 0. The normalized spacial score (nSPS) is 10.9. The molecule has 21 heavy (non-hydrogen) atoms. The molecule has 0 aliphatic rings. The lowest BCUT2D eigenvalue weighted by Crippen LogP contribution is -2.26. The Morgan fingerprint density at radius 1 is 1.00 bits per heavy atom. The first-order chi connectivity index (χ1) is 10.2. The molecule has 0 radical (unpaired) electrons.